The van der Waals surface area contributed by atoms with Crippen LogP contribution in [0.4, 0.5) is 11.4 Å². The van der Waals surface area contributed by atoms with E-state index < -0.39 is 5.54 Å². The fraction of sp³-hybridized carbons (Fsp3) is 0.276. The molecule has 2 aliphatic heterocycles. The molecule has 7 nitrogen and oxygen atoms in total. The summed E-state index contributed by atoms with van der Waals surface area (Å²) in [7, 11) is 0. The van der Waals surface area contributed by atoms with Crippen molar-refractivity contribution in [2.75, 3.05) is 23.7 Å². The molecule has 39 heavy (non-hydrogen) atoms. The van der Waals surface area contributed by atoms with Crippen LogP contribution < -0.4 is 16.0 Å². The summed E-state index contributed by atoms with van der Waals surface area (Å²) < 4.78 is 0.745. The van der Waals surface area contributed by atoms with Crippen molar-refractivity contribution in [3.05, 3.63) is 91.9 Å². The molecule has 3 amide bonds. The Labute approximate surface area is 245 Å². The Morgan fingerprint density at radius 2 is 1.90 bits per heavy atom. The van der Waals surface area contributed by atoms with E-state index in [0.29, 0.717) is 45.6 Å². The van der Waals surface area contributed by atoms with Crippen molar-refractivity contribution in [1.82, 2.24) is 10.2 Å². The zero-order valence-corrected chi connectivity index (χ0v) is 24.3. The number of likely N-dealkylation sites (tertiary alicyclic amines) is 1. The van der Waals surface area contributed by atoms with Crippen LogP contribution >= 0.6 is 39.1 Å². The molecule has 2 heterocycles. The topological polar surface area (TPSA) is 90.5 Å². The number of carbonyl (C=O) groups is 3. The van der Waals surface area contributed by atoms with Gasteiger partial charge in [0.05, 0.1) is 5.56 Å². The van der Waals surface area contributed by atoms with Gasteiger partial charge in [-0.25, -0.2) is 0 Å². The molecule has 0 radical (unpaired) electrons. The zero-order valence-electron chi connectivity index (χ0n) is 21.2. The Hall–Kier alpha value is -3.07. The summed E-state index contributed by atoms with van der Waals surface area (Å²) in [6.45, 7) is 2.70. The molecule has 0 spiro atoms. The van der Waals surface area contributed by atoms with Crippen molar-refractivity contribution in [2.24, 2.45) is 0 Å². The van der Waals surface area contributed by atoms with Gasteiger partial charge in [-0.3, -0.25) is 14.4 Å². The standard InChI is InChI=1S/C29H27BrCl2N4O3/c1-17(37)36-11-3-6-22(16-36)33-27(38)23-9-7-19(30)13-25(23)35-29(15-18-4-2-5-20(31)12-18)24-10-8-21(32)14-26(24)34-28(29)39/h2,4-5,7-10,12-14,22,35H,3,6,11,15-16H2,1H3,(H,33,38)(H,34,39)/t22?,29-/m0/s1. The minimum atomic E-state index is -1.24. The largest absolute Gasteiger partial charge is 0.367 e. The van der Waals surface area contributed by atoms with Crippen molar-refractivity contribution >= 4 is 68.2 Å². The molecule has 5 rings (SSSR count). The Bertz CT molecular complexity index is 1470. The lowest BCUT2D eigenvalue weighted by Gasteiger charge is -2.33. The summed E-state index contributed by atoms with van der Waals surface area (Å²) in [5, 5.41) is 10.6. The lowest BCUT2D eigenvalue weighted by atomic mass is 9.84. The molecular weight excluding hydrogens is 603 g/mol. The average Bonchev–Trinajstić information content (AvgIpc) is 3.13. The summed E-state index contributed by atoms with van der Waals surface area (Å²) in [5.74, 6) is -0.558. The Morgan fingerprint density at radius 1 is 1.10 bits per heavy atom. The summed E-state index contributed by atoms with van der Waals surface area (Å²) in [6.07, 6.45) is 1.88. The first kappa shape index (κ1) is 27.5. The number of hydrogen-bond donors (Lipinski definition) is 3. The molecule has 10 heteroatoms. The first-order chi connectivity index (χ1) is 18.6. The van der Waals surface area contributed by atoms with E-state index in [1.807, 2.05) is 24.3 Å². The lowest BCUT2D eigenvalue weighted by Crippen LogP contribution is -2.49. The van der Waals surface area contributed by atoms with Crippen LogP contribution in [0.15, 0.2) is 65.1 Å². The van der Waals surface area contributed by atoms with E-state index in [4.69, 9.17) is 23.2 Å². The lowest BCUT2D eigenvalue weighted by molar-refractivity contribution is -0.130. The number of halogens is 3. The minimum absolute atomic E-state index is 0.00563. The van der Waals surface area contributed by atoms with Gasteiger partial charge in [0.15, 0.2) is 0 Å². The highest BCUT2D eigenvalue weighted by Crippen LogP contribution is 2.43. The van der Waals surface area contributed by atoms with Gasteiger partial charge in [-0.15, -0.1) is 0 Å². The SMILES string of the molecule is CC(=O)N1CCCC(NC(=O)c2ccc(Br)cc2N[C@]2(Cc3cccc(Cl)c3)C(=O)Nc3cc(Cl)ccc32)C1. The van der Waals surface area contributed by atoms with Gasteiger partial charge < -0.3 is 20.9 Å². The number of nitrogens with zero attached hydrogens (tertiary/aromatic N) is 1. The van der Waals surface area contributed by atoms with Crippen LogP contribution in [0.2, 0.25) is 10.0 Å². The summed E-state index contributed by atoms with van der Waals surface area (Å²) >= 11 is 16.0. The van der Waals surface area contributed by atoms with Gasteiger partial charge in [0.1, 0.15) is 5.54 Å². The maximum Gasteiger partial charge on any atom is 0.255 e. The zero-order chi connectivity index (χ0) is 27.7. The Morgan fingerprint density at radius 3 is 2.67 bits per heavy atom. The molecule has 1 unspecified atom stereocenters. The summed E-state index contributed by atoms with van der Waals surface area (Å²) in [4.78, 5) is 40.9. The van der Waals surface area contributed by atoms with Gasteiger partial charge in [0, 0.05) is 63.9 Å². The summed E-state index contributed by atoms with van der Waals surface area (Å²) in [6, 6.07) is 17.8. The number of benzene rings is 3. The number of hydrogen-bond acceptors (Lipinski definition) is 4. The molecule has 1 fully saturated rings. The number of anilines is 2. The third-order valence-corrected chi connectivity index (χ3v) is 8.18. The predicted octanol–water partition coefficient (Wildman–Crippen LogP) is 6.00. The van der Waals surface area contributed by atoms with E-state index in [-0.39, 0.29) is 30.2 Å². The number of nitrogens with one attached hydrogen (secondary N) is 3. The average molecular weight is 630 g/mol. The molecule has 0 bridgehead atoms. The maximum absolute atomic E-state index is 13.7. The van der Waals surface area contributed by atoms with Gasteiger partial charge in [-0.1, -0.05) is 57.3 Å². The van der Waals surface area contributed by atoms with Gasteiger partial charge in [-0.2, -0.15) is 0 Å². The van der Waals surface area contributed by atoms with Crippen LogP contribution in [-0.4, -0.2) is 41.8 Å². The van der Waals surface area contributed by atoms with Crippen LogP contribution in [0.5, 0.6) is 0 Å². The normalized spacial score (nSPS) is 20.3. The molecule has 202 valence electrons. The molecule has 0 aliphatic carbocycles. The molecular formula is C29H27BrCl2N4O3. The highest BCUT2D eigenvalue weighted by atomic mass is 79.9. The Balaban J connectivity index is 1.52. The van der Waals surface area contributed by atoms with Crippen LogP contribution in [0.25, 0.3) is 0 Å². The molecule has 3 aromatic rings. The second-order valence-electron chi connectivity index (χ2n) is 9.95. The highest BCUT2D eigenvalue weighted by Gasteiger charge is 2.47. The van der Waals surface area contributed by atoms with E-state index >= 15 is 0 Å². The number of fused-ring (bicyclic) bond motifs is 1. The van der Waals surface area contributed by atoms with Gasteiger partial charge in [-0.05, 0) is 60.9 Å². The molecule has 1 saturated heterocycles. The van der Waals surface area contributed by atoms with Crippen LogP contribution in [0.3, 0.4) is 0 Å². The van der Waals surface area contributed by atoms with E-state index in [1.165, 1.54) is 6.92 Å². The molecule has 3 aromatic carbocycles. The van der Waals surface area contributed by atoms with E-state index in [1.54, 1.807) is 41.3 Å². The van der Waals surface area contributed by atoms with Crippen LogP contribution in [-0.2, 0) is 21.5 Å². The van der Waals surface area contributed by atoms with Crippen molar-refractivity contribution in [1.29, 1.82) is 0 Å². The van der Waals surface area contributed by atoms with Gasteiger partial charge >= 0.3 is 0 Å². The fourth-order valence-corrected chi connectivity index (χ4v) is 6.08. The molecule has 0 aromatic heterocycles. The second kappa shape index (κ2) is 11.2. The maximum atomic E-state index is 13.7. The van der Waals surface area contributed by atoms with Crippen LogP contribution in [0, 0.1) is 0 Å². The number of amides is 3. The third-order valence-electron chi connectivity index (χ3n) is 7.21. The van der Waals surface area contributed by atoms with Crippen LogP contribution in [0.1, 0.15) is 41.3 Å². The third kappa shape index (κ3) is 5.78. The molecule has 2 atom stereocenters. The van der Waals surface area contributed by atoms with Crippen molar-refractivity contribution in [3.8, 4) is 0 Å². The number of carbonyl (C=O) groups excluding carboxylic acids is 3. The van der Waals surface area contributed by atoms with Crippen molar-refractivity contribution < 1.29 is 14.4 Å². The first-order valence-electron chi connectivity index (χ1n) is 12.6. The minimum Gasteiger partial charge on any atom is -0.367 e. The van der Waals surface area contributed by atoms with Gasteiger partial charge in [0.2, 0.25) is 5.91 Å². The monoisotopic (exact) mass is 628 g/mol. The number of rotatable bonds is 6. The molecule has 0 saturated carbocycles. The van der Waals surface area contributed by atoms with Gasteiger partial charge in [0.25, 0.3) is 11.8 Å². The number of piperidine rings is 1. The van der Waals surface area contributed by atoms with E-state index in [2.05, 4.69) is 31.9 Å². The Kier molecular flexibility index (Phi) is 7.89. The fourth-order valence-electron chi connectivity index (χ4n) is 5.33. The highest BCUT2D eigenvalue weighted by molar-refractivity contribution is 9.10. The van der Waals surface area contributed by atoms with E-state index in [9.17, 15) is 14.4 Å². The smallest absolute Gasteiger partial charge is 0.255 e. The van der Waals surface area contributed by atoms with Crippen molar-refractivity contribution in [2.45, 2.75) is 37.8 Å². The van der Waals surface area contributed by atoms with E-state index in [0.717, 1.165) is 22.9 Å². The quantitative estimate of drug-likeness (QED) is 0.312. The second-order valence-corrected chi connectivity index (χ2v) is 11.7. The predicted molar refractivity (Wildman–Crippen MR) is 157 cm³/mol. The first-order valence-corrected chi connectivity index (χ1v) is 14.2. The molecule has 3 N–H and O–H groups in total. The molecule has 2 aliphatic rings. The summed E-state index contributed by atoms with van der Waals surface area (Å²) in [5.41, 5.74) is 1.80. The van der Waals surface area contributed by atoms with Crippen molar-refractivity contribution in [3.63, 3.8) is 0 Å².